The van der Waals surface area contributed by atoms with E-state index in [9.17, 15) is 9.59 Å². The minimum atomic E-state index is -0.244. The summed E-state index contributed by atoms with van der Waals surface area (Å²) in [4.78, 5) is 31.8. The molecular formula is C30H37BrClN3O2. The molecule has 3 heterocycles. The number of hydrogen-bond acceptors (Lipinski definition) is 4. The third kappa shape index (κ3) is 5.40. The number of nitrogens with one attached hydrogen (secondary N) is 1. The maximum Gasteiger partial charge on any atom is 0.229 e. The van der Waals surface area contributed by atoms with Crippen LogP contribution in [0.25, 0.3) is 0 Å². The van der Waals surface area contributed by atoms with E-state index in [-0.39, 0.29) is 29.8 Å². The lowest BCUT2D eigenvalue weighted by molar-refractivity contribution is -0.140. The molecule has 1 N–H and O–H groups in total. The highest BCUT2D eigenvalue weighted by molar-refractivity contribution is 9.10. The highest BCUT2D eigenvalue weighted by atomic mass is 79.9. The molecule has 2 aromatic carbocycles. The predicted octanol–water partition coefficient (Wildman–Crippen LogP) is 5.04. The van der Waals surface area contributed by atoms with Crippen LogP contribution in [0.4, 0.5) is 0 Å². The molecule has 1 saturated carbocycles. The van der Waals surface area contributed by atoms with Gasteiger partial charge in [0.05, 0.1) is 11.5 Å². The van der Waals surface area contributed by atoms with Crippen molar-refractivity contribution in [3.8, 4) is 0 Å². The van der Waals surface area contributed by atoms with Crippen LogP contribution >= 0.6 is 28.3 Å². The molecule has 2 aromatic rings. The molecule has 4 aliphatic rings. The first-order chi connectivity index (χ1) is 17.5. The lowest BCUT2D eigenvalue weighted by Crippen LogP contribution is -2.54. The average Bonchev–Trinajstić information content (AvgIpc) is 3.59. The highest BCUT2D eigenvalue weighted by Gasteiger charge is 2.51. The van der Waals surface area contributed by atoms with Gasteiger partial charge in [-0.3, -0.25) is 14.5 Å². The van der Waals surface area contributed by atoms with Crippen molar-refractivity contribution in [3.05, 3.63) is 70.2 Å². The van der Waals surface area contributed by atoms with Crippen LogP contribution < -0.4 is 5.32 Å². The number of hydrogen-bond donors (Lipinski definition) is 1. The number of amides is 1. The summed E-state index contributed by atoms with van der Waals surface area (Å²) in [7, 11) is 0. The van der Waals surface area contributed by atoms with E-state index in [0.29, 0.717) is 30.1 Å². The fraction of sp³-hybridized carbons (Fsp3) is 0.533. The fourth-order valence-corrected chi connectivity index (χ4v) is 7.18. The van der Waals surface area contributed by atoms with Gasteiger partial charge in [-0.2, -0.15) is 0 Å². The third-order valence-corrected chi connectivity index (χ3v) is 9.73. The number of halogens is 2. The second-order valence-electron chi connectivity index (χ2n) is 11.4. The summed E-state index contributed by atoms with van der Waals surface area (Å²) in [5, 5.41) is 3.60. The molecule has 1 spiro atoms. The minimum absolute atomic E-state index is 0. The number of benzene rings is 2. The first-order valence-corrected chi connectivity index (χ1v) is 14.4. The number of ketones is 1. The van der Waals surface area contributed by atoms with Crippen LogP contribution in [0.5, 0.6) is 0 Å². The Balaban J connectivity index is 0.00000280. The van der Waals surface area contributed by atoms with Crippen LogP contribution in [0.2, 0.25) is 0 Å². The fourth-order valence-electron chi connectivity index (χ4n) is 6.92. The van der Waals surface area contributed by atoms with Gasteiger partial charge in [-0.25, -0.2) is 0 Å². The molecule has 0 bridgehead atoms. The molecule has 1 aliphatic carbocycles. The second kappa shape index (κ2) is 11.2. The van der Waals surface area contributed by atoms with Crippen LogP contribution in [0.3, 0.4) is 0 Å². The van der Waals surface area contributed by atoms with Crippen LogP contribution in [-0.2, 0) is 16.1 Å². The number of nitrogens with zero attached hydrogens (tertiary/aromatic N) is 2. The van der Waals surface area contributed by atoms with Gasteiger partial charge in [-0.15, -0.1) is 12.4 Å². The molecule has 0 aromatic heterocycles. The van der Waals surface area contributed by atoms with E-state index in [1.165, 1.54) is 11.1 Å². The van der Waals surface area contributed by atoms with E-state index in [1.54, 1.807) is 0 Å². The van der Waals surface area contributed by atoms with Crippen LogP contribution in [0.1, 0.15) is 49.1 Å². The van der Waals surface area contributed by atoms with Crippen molar-refractivity contribution in [3.63, 3.8) is 0 Å². The quantitative estimate of drug-likeness (QED) is 0.494. The summed E-state index contributed by atoms with van der Waals surface area (Å²) in [5.74, 6) is 1.68. The molecule has 3 unspecified atom stereocenters. The Kier molecular flexibility index (Phi) is 8.11. The lowest BCUT2D eigenvalue weighted by Gasteiger charge is -2.44. The molecule has 3 saturated heterocycles. The molecule has 5 nitrogen and oxygen atoms in total. The molecule has 4 fully saturated rings. The zero-order valence-corrected chi connectivity index (χ0v) is 23.7. The van der Waals surface area contributed by atoms with Gasteiger partial charge in [0.15, 0.2) is 5.78 Å². The van der Waals surface area contributed by atoms with Crippen molar-refractivity contribution in [1.29, 1.82) is 0 Å². The van der Waals surface area contributed by atoms with Gasteiger partial charge in [0.1, 0.15) is 0 Å². The monoisotopic (exact) mass is 585 g/mol. The molecule has 37 heavy (non-hydrogen) atoms. The minimum Gasteiger partial charge on any atom is -0.338 e. The van der Waals surface area contributed by atoms with Gasteiger partial charge in [-0.05, 0) is 68.5 Å². The van der Waals surface area contributed by atoms with Gasteiger partial charge < -0.3 is 10.2 Å². The van der Waals surface area contributed by atoms with Gasteiger partial charge in [0.25, 0.3) is 0 Å². The van der Waals surface area contributed by atoms with E-state index < -0.39 is 0 Å². The summed E-state index contributed by atoms with van der Waals surface area (Å²) in [6.07, 6.45) is 4.77. The van der Waals surface area contributed by atoms with Crippen molar-refractivity contribution in [1.82, 2.24) is 15.1 Å². The maximum absolute atomic E-state index is 13.7. The van der Waals surface area contributed by atoms with Crippen LogP contribution in [-0.4, -0.2) is 60.3 Å². The zero-order chi connectivity index (χ0) is 24.7. The molecule has 3 aliphatic heterocycles. The Morgan fingerprint density at radius 2 is 1.65 bits per heavy atom. The number of piperidine rings is 1. The predicted molar refractivity (Wildman–Crippen MR) is 152 cm³/mol. The highest BCUT2D eigenvalue weighted by Crippen LogP contribution is 2.45. The summed E-state index contributed by atoms with van der Waals surface area (Å²) in [6, 6.07) is 19.0. The third-order valence-electron chi connectivity index (χ3n) is 9.20. The lowest BCUT2D eigenvalue weighted by atomic mass is 9.74. The van der Waals surface area contributed by atoms with Crippen LogP contribution in [0.15, 0.2) is 59.1 Å². The second-order valence-corrected chi connectivity index (χ2v) is 12.3. The number of likely N-dealkylation sites (tertiary alicyclic amines) is 2. The molecule has 6 rings (SSSR count). The summed E-state index contributed by atoms with van der Waals surface area (Å²) in [5.41, 5.74) is 2.27. The summed E-state index contributed by atoms with van der Waals surface area (Å²) >= 11 is 3.50. The van der Waals surface area contributed by atoms with Crippen molar-refractivity contribution in [2.75, 3.05) is 32.7 Å². The van der Waals surface area contributed by atoms with Crippen molar-refractivity contribution in [2.45, 2.75) is 50.6 Å². The average molecular weight is 587 g/mol. The molecule has 1 amide bonds. The van der Waals surface area contributed by atoms with Gasteiger partial charge in [-0.1, -0.05) is 58.4 Å². The largest absolute Gasteiger partial charge is 0.338 e. The number of Topliss-reactive ketones (excluding diaryl/α,β-unsaturated/α-hetero) is 1. The molecular weight excluding hydrogens is 550 g/mol. The number of rotatable bonds is 7. The molecule has 198 valence electrons. The Hall–Kier alpha value is -1.73. The van der Waals surface area contributed by atoms with Gasteiger partial charge in [0, 0.05) is 48.4 Å². The molecule has 3 atom stereocenters. The summed E-state index contributed by atoms with van der Waals surface area (Å²) in [6.45, 7) is 5.04. The number of carbonyl (C=O) groups is 2. The van der Waals surface area contributed by atoms with E-state index in [4.69, 9.17) is 0 Å². The van der Waals surface area contributed by atoms with Crippen molar-refractivity contribution in [2.24, 2.45) is 17.3 Å². The Bertz CT molecular complexity index is 1100. The zero-order valence-electron chi connectivity index (χ0n) is 21.3. The van der Waals surface area contributed by atoms with E-state index >= 15 is 0 Å². The van der Waals surface area contributed by atoms with Crippen molar-refractivity contribution < 1.29 is 9.59 Å². The van der Waals surface area contributed by atoms with Gasteiger partial charge in [0.2, 0.25) is 5.91 Å². The maximum atomic E-state index is 13.7. The SMILES string of the molecule is Cl.O=C(C1CC1)C(C1CNCC1c1ccccc1)N1CCC2(CCN(Cc3ccc(Br)cc3)C2=O)CC1. The number of carbonyl (C=O) groups excluding carboxylic acids is 2. The summed E-state index contributed by atoms with van der Waals surface area (Å²) < 4.78 is 1.06. The smallest absolute Gasteiger partial charge is 0.229 e. The van der Waals surface area contributed by atoms with Gasteiger partial charge >= 0.3 is 0 Å². The van der Waals surface area contributed by atoms with E-state index in [2.05, 4.69) is 73.5 Å². The Morgan fingerprint density at radius 3 is 2.32 bits per heavy atom. The first-order valence-electron chi connectivity index (χ1n) is 13.6. The van der Waals surface area contributed by atoms with E-state index in [0.717, 1.165) is 69.3 Å². The molecule has 7 heteroatoms. The normalized spacial score (nSPS) is 26.3. The standard InChI is InChI=1S/C30H36BrN3O2.ClH/c31-24-10-6-21(7-11-24)20-34-17-14-30(29(34)36)12-15-33(16-13-30)27(28(35)23-8-9-23)26-19-32-18-25(26)22-4-2-1-3-5-22;/h1-7,10-11,23,25-27,32H,8-9,12-20H2;1H. The Morgan fingerprint density at radius 1 is 0.973 bits per heavy atom. The van der Waals surface area contributed by atoms with Crippen molar-refractivity contribution >= 4 is 40.0 Å². The molecule has 0 radical (unpaired) electrons. The van der Waals surface area contributed by atoms with Crippen LogP contribution in [0, 0.1) is 17.3 Å². The van der Waals surface area contributed by atoms with E-state index in [1.807, 2.05) is 12.1 Å². The first kappa shape index (κ1) is 26.9. The Labute approximate surface area is 234 Å². The topological polar surface area (TPSA) is 52.7 Å².